The molecule has 0 aromatic carbocycles. The van der Waals surface area contributed by atoms with Crippen LogP contribution in [0.1, 0.15) is 20.8 Å². The van der Waals surface area contributed by atoms with Crippen LogP contribution in [0.2, 0.25) is 0 Å². The monoisotopic (exact) mass is 222 g/mol. The Hall–Kier alpha value is -0.130. The van der Waals surface area contributed by atoms with E-state index >= 15 is 0 Å². The van der Waals surface area contributed by atoms with Gasteiger partial charge in [0.15, 0.2) is 0 Å². The number of likely N-dealkylation sites (N-methyl/N-ethyl adjacent to an activating group) is 2. The van der Waals surface area contributed by atoms with Crippen LogP contribution in [0.3, 0.4) is 0 Å². The van der Waals surface area contributed by atoms with Gasteiger partial charge in [-0.05, 0) is 34.9 Å². The molecule has 0 fully saturated rings. The van der Waals surface area contributed by atoms with Gasteiger partial charge in [0.25, 0.3) is 0 Å². The van der Waals surface area contributed by atoms with Crippen molar-refractivity contribution in [2.75, 3.05) is 34.2 Å². The first-order valence-corrected chi connectivity index (χ1v) is 6.13. The summed E-state index contributed by atoms with van der Waals surface area (Å²) in [5.74, 6) is 0. The minimum Gasteiger partial charge on any atom is -0.308 e. The number of rotatable bonds is 4. The van der Waals surface area contributed by atoms with Gasteiger partial charge in [0.2, 0.25) is 10.0 Å². The topological polar surface area (TPSA) is 40.6 Å². The van der Waals surface area contributed by atoms with Crippen molar-refractivity contribution in [1.29, 1.82) is 0 Å². The molecule has 0 bridgehead atoms. The van der Waals surface area contributed by atoms with Crippen LogP contribution in [0.5, 0.6) is 0 Å². The third kappa shape index (κ3) is 3.55. The normalized spacial score (nSPS) is 14.0. The second-order valence-electron chi connectivity index (χ2n) is 4.74. The largest absolute Gasteiger partial charge is 0.308 e. The molecule has 5 heteroatoms. The summed E-state index contributed by atoms with van der Waals surface area (Å²) in [6.07, 6.45) is 0. The molecule has 0 rings (SSSR count). The maximum Gasteiger partial charge on any atom is 0.218 e. The highest BCUT2D eigenvalue weighted by Gasteiger charge is 2.32. The van der Waals surface area contributed by atoms with Gasteiger partial charge in [0.05, 0.1) is 4.75 Å². The SMILES string of the molecule is CN(C)CCN(C)S(=O)(=O)C(C)(C)C. The summed E-state index contributed by atoms with van der Waals surface area (Å²) >= 11 is 0. The molecule has 0 saturated carbocycles. The Morgan fingerprint density at radius 2 is 1.43 bits per heavy atom. The molecule has 0 aliphatic heterocycles. The second kappa shape index (κ2) is 4.59. The number of sulfonamides is 1. The van der Waals surface area contributed by atoms with Crippen molar-refractivity contribution in [3.8, 4) is 0 Å². The van der Waals surface area contributed by atoms with Crippen molar-refractivity contribution in [3.05, 3.63) is 0 Å². The van der Waals surface area contributed by atoms with Crippen LogP contribution >= 0.6 is 0 Å². The first-order chi connectivity index (χ1) is 6.09. The molecule has 14 heavy (non-hydrogen) atoms. The Morgan fingerprint density at radius 3 is 1.71 bits per heavy atom. The van der Waals surface area contributed by atoms with E-state index in [0.29, 0.717) is 6.54 Å². The van der Waals surface area contributed by atoms with Crippen LogP contribution in [0.15, 0.2) is 0 Å². The quantitative estimate of drug-likeness (QED) is 0.700. The molecule has 0 aliphatic carbocycles. The third-order valence-electron chi connectivity index (χ3n) is 2.05. The minimum absolute atomic E-state index is 0.534. The molecule has 0 aromatic heterocycles. The Bertz CT molecular complexity index is 265. The van der Waals surface area contributed by atoms with Crippen LogP contribution in [0, 0.1) is 0 Å². The molecule has 0 spiro atoms. The van der Waals surface area contributed by atoms with Crippen LogP contribution in [-0.4, -0.2) is 56.6 Å². The zero-order valence-corrected chi connectivity index (χ0v) is 10.8. The molecular weight excluding hydrogens is 200 g/mol. The smallest absolute Gasteiger partial charge is 0.218 e. The first-order valence-electron chi connectivity index (χ1n) is 4.69. The number of hydrogen-bond donors (Lipinski definition) is 0. The molecule has 0 radical (unpaired) electrons. The van der Waals surface area contributed by atoms with E-state index in [1.165, 1.54) is 4.31 Å². The highest BCUT2D eigenvalue weighted by Crippen LogP contribution is 2.18. The van der Waals surface area contributed by atoms with E-state index in [2.05, 4.69) is 0 Å². The highest BCUT2D eigenvalue weighted by molar-refractivity contribution is 7.90. The molecule has 0 unspecified atom stereocenters. The van der Waals surface area contributed by atoms with Gasteiger partial charge in [-0.2, -0.15) is 0 Å². The van der Waals surface area contributed by atoms with Gasteiger partial charge in [0.1, 0.15) is 0 Å². The second-order valence-corrected chi connectivity index (χ2v) is 7.54. The van der Waals surface area contributed by atoms with Crippen LogP contribution < -0.4 is 0 Å². The van der Waals surface area contributed by atoms with Gasteiger partial charge in [-0.3, -0.25) is 0 Å². The fourth-order valence-electron chi connectivity index (χ4n) is 0.929. The summed E-state index contributed by atoms with van der Waals surface area (Å²) in [6, 6.07) is 0. The average molecular weight is 222 g/mol. The highest BCUT2D eigenvalue weighted by atomic mass is 32.2. The van der Waals surface area contributed by atoms with Gasteiger partial charge in [-0.1, -0.05) is 0 Å². The van der Waals surface area contributed by atoms with E-state index in [1.807, 2.05) is 19.0 Å². The van der Waals surface area contributed by atoms with Crippen molar-refractivity contribution in [1.82, 2.24) is 9.21 Å². The third-order valence-corrected chi connectivity index (χ3v) is 4.60. The zero-order valence-electron chi connectivity index (χ0n) is 10.0. The molecule has 0 aromatic rings. The minimum atomic E-state index is -3.17. The summed E-state index contributed by atoms with van der Waals surface area (Å²) in [6.45, 7) is 6.43. The van der Waals surface area contributed by atoms with E-state index in [4.69, 9.17) is 0 Å². The summed E-state index contributed by atoms with van der Waals surface area (Å²) in [5, 5.41) is 0. The van der Waals surface area contributed by atoms with Crippen molar-refractivity contribution in [2.24, 2.45) is 0 Å². The molecule has 86 valence electrons. The number of nitrogens with zero attached hydrogens (tertiary/aromatic N) is 2. The van der Waals surface area contributed by atoms with Gasteiger partial charge in [-0.25, -0.2) is 12.7 Å². The summed E-state index contributed by atoms with van der Waals surface area (Å²) in [5.41, 5.74) is 0. The lowest BCUT2D eigenvalue weighted by molar-refractivity contribution is 0.353. The fraction of sp³-hybridized carbons (Fsp3) is 1.00. The lowest BCUT2D eigenvalue weighted by Crippen LogP contribution is -2.43. The zero-order chi connectivity index (χ0) is 11.6. The van der Waals surface area contributed by atoms with E-state index in [0.717, 1.165) is 6.54 Å². The standard InChI is InChI=1S/C9H22N2O2S/c1-9(2,3)14(12,13)11(6)8-7-10(4)5/h7-8H2,1-6H3. The number of hydrogen-bond acceptors (Lipinski definition) is 3. The lowest BCUT2D eigenvalue weighted by atomic mass is 10.3. The first kappa shape index (κ1) is 13.9. The van der Waals surface area contributed by atoms with Gasteiger partial charge < -0.3 is 4.90 Å². The van der Waals surface area contributed by atoms with Gasteiger partial charge in [0, 0.05) is 20.1 Å². The molecule has 0 aliphatic rings. The van der Waals surface area contributed by atoms with E-state index in [-0.39, 0.29) is 0 Å². The molecule has 0 saturated heterocycles. The summed E-state index contributed by atoms with van der Waals surface area (Å²) in [7, 11) is 2.32. The van der Waals surface area contributed by atoms with Crippen molar-refractivity contribution >= 4 is 10.0 Å². The summed E-state index contributed by atoms with van der Waals surface area (Å²) < 4.78 is 24.5. The Morgan fingerprint density at radius 1 is 1.00 bits per heavy atom. The predicted molar refractivity (Wildman–Crippen MR) is 59.9 cm³/mol. The van der Waals surface area contributed by atoms with E-state index in [9.17, 15) is 8.42 Å². The Labute approximate surface area is 87.9 Å². The van der Waals surface area contributed by atoms with Crippen LogP contribution in [0.25, 0.3) is 0 Å². The van der Waals surface area contributed by atoms with E-state index in [1.54, 1.807) is 27.8 Å². The van der Waals surface area contributed by atoms with Crippen molar-refractivity contribution < 1.29 is 8.42 Å². The van der Waals surface area contributed by atoms with E-state index < -0.39 is 14.8 Å². The Kier molecular flexibility index (Phi) is 4.55. The molecule has 0 N–H and O–H groups in total. The maximum absolute atomic E-state index is 11.9. The molecule has 4 nitrogen and oxygen atoms in total. The maximum atomic E-state index is 11.9. The van der Waals surface area contributed by atoms with Gasteiger partial charge in [-0.15, -0.1) is 0 Å². The Balaban J connectivity index is 4.47. The van der Waals surface area contributed by atoms with Gasteiger partial charge >= 0.3 is 0 Å². The lowest BCUT2D eigenvalue weighted by Gasteiger charge is -2.27. The molecular formula is C9H22N2O2S. The molecule has 0 amide bonds. The average Bonchev–Trinajstić information content (AvgIpc) is 1.97. The molecule has 0 atom stereocenters. The fourth-order valence-corrected chi connectivity index (χ4v) is 2.19. The molecule has 0 heterocycles. The summed E-state index contributed by atoms with van der Waals surface area (Å²) in [4.78, 5) is 1.97. The van der Waals surface area contributed by atoms with Crippen molar-refractivity contribution in [2.45, 2.75) is 25.5 Å². The van der Waals surface area contributed by atoms with Crippen LogP contribution in [-0.2, 0) is 10.0 Å². The predicted octanol–water partition coefficient (Wildman–Crippen LogP) is 0.608. The van der Waals surface area contributed by atoms with Crippen molar-refractivity contribution in [3.63, 3.8) is 0 Å². The van der Waals surface area contributed by atoms with Crippen LogP contribution in [0.4, 0.5) is 0 Å².